The Morgan fingerprint density at radius 1 is 1.60 bits per heavy atom. The second-order valence-electron chi connectivity index (χ2n) is 4.94. The fourth-order valence-electron chi connectivity index (χ4n) is 2.17. The van der Waals surface area contributed by atoms with Crippen LogP contribution in [0.3, 0.4) is 0 Å². The number of H-pyrrole nitrogens is 1. The quantitative estimate of drug-likeness (QED) is 0.629. The molecule has 1 aliphatic heterocycles. The molecule has 8 heteroatoms. The third kappa shape index (κ3) is 2.97. The number of hydrogen-bond acceptors (Lipinski definition) is 5. The van der Waals surface area contributed by atoms with Crippen molar-refractivity contribution in [2.45, 2.75) is 38.6 Å². The second kappa shape index (κ2) is 5.59. The van der Waals surface area contributed by atoms with Gasteiger partial charge in [-0.1, -0.05) is 0 Å². The maximum Gasteiger partial charge on any atom is 0.330 e. The summed E-state index contributed by atoms with van der Waals surface area (Å²) in [6.07, 6.45) is 1.00. The van der Waals surface area contributed by atoms with Crippen molar-refractivity contribution in [3.8, 4) is 0 Å². The molecule has 2 rings (SSSR count). The lowest BCUT2D eigenvalue weighted by Gasteiger charge is -2.16. The maximum atomic E-state index is 11.8. The zero-order valence-electron chi connectivity index (χ0n) is 11.4. The zero-order valence-corrected chi connectivity index (χ0v) is 11.4. The van der Waals surface area contributed by atoms with Gasteiger partial charge < -0.3 is 15.8 Å². The average molecular weight is 282 g/mol. The van der Waals surface area contributed by atoms with Crippen LogP contribution in [0, 0.1) is 6.92 Å². The van der Waals surface area contributed by atoms with Gasteiger partial charge in [0.05, 0.1) is 6.10 Å². The molecule has 0 unspecified atom stereocenters. The summed E-state index contributed by atoms with van der Waals surface area (Å²) in [5.41, 5.74) is 5.43. The second-order valence-corrected chi connectivity index (χ2v) is 4.94. The van der Waals surface area contributed by atoms with Gasteiger partial charge in [-0.2, -0.15) is 0 Å². The molecule has 0 bridgehead atoms. The lowest BCUT2D eigenvalue weighted by Crippen LogP contribution is -2.40. The highest BCUT2D eigenvalue weighted by molar-refractivity contribution is 5.72. The summed E-state index contributed by atoms with van der Waals surface area (Å²) in [6.45, 7) is 3.32. The van der Waals surface area contributed by atoms with E-state index in [1.807, 2.05) is 0 Å². The molecule has 20 heavy (non-hydrogen) atoms. The largest absolute Gasteiger partial charge is 0.354 e. The molecule has 3 atom stereocenters. The number of carbonyl (C=O) groups excluding carboxylic acids is 1. The van der Waals surface area contributed by atoms with Crippen LogP contribution in [0.1, 0.15) is 25.1 Å². The first-order chi connectivity index (χ1) is 9.38. The number of aromatic nitrogens is 2. The number of aryl methyl sites for hydroxylation is 1. The van der Waals surface area contributed by atoms with Gasteiger partial charge in [-0.3, -0.25) is 19.1 Å². The van der Waals surface area contributed by atoms with Crippen molar-refractivity contribution < 1.29 is 9.53 Å². The lowest BCUT2D eigenvalue weighted by atomic mass is 10.1. The number of rotatable bonds is 3. The smallest absolute Gasteiger partial charge is 0.330 e. The predicted molar refractivity (Wildman–Crippen MR) is 71.2 cm³/mol. The van der Waals surface area contributed by atoms with E-state index in [-0.39, 0.29) is 18.1 Å². The molecule has 4 N–H and O–H groups in total. The summed E-state index contributed by atoms with van der Waals surface area (Å²) < 4.78 is 7.01. The average Bonchev–Trinajstić information content (AvgIpc) is 2.72. The molecule has 0 spiro atoms. The Balaban J connectivity index is 2.16. The molecule has 1 aromatic heterocycles. The number of nitrogens with zero attached hydrogens (tertiary/aromatic N) is 1. The first-order valence-corrected chi connectivity index (χ1v) is 6.36. The van der Waals surface area contributed by atoms with Gasteiger partial charge in [0.15, 0.2) is 0 Å². The molecule has 1 saturated heterocycles. The fraction of sp³-hybridized carbons (Fsp3) is 0.583. The summed E-state index contributed by atoms with van der Waals surface area (Å²) in [4.78, 5) is 36.2. The van der Waals surface area contributed by atoms with Crippen molar-refractivity contribution in [3.05, 3.63) is 32.6 Å². The molecule has 8 nitrogen and oxygen atoms in total. The van der Waals surface area contributed by atoms with Gasteiger partial charge in [-0.25, -0.2) is 4.79 Å². The Labute approximate surface area is 114 Å². The first-order valence-electron chi connectivity index (χ1n) is 6.36. The van der Waals surface area contributed by atoms with Crippen LogP contribution < -0.4 is 22.3 Å². The van der Waals surface area contributed by atoms with E-state index in [4.69, 9.17) is 10.5 Å². The third-order valence-electron chi connectivity index (χ3n) is 3.29. The predicted octanol–water partition coefficient (Wildman–Crippen LogP) is -1.40. The van der Waals surface area contributed by atoms with Crippen molar-refractivity contribution in [2.24, 2.45) is 5.73 Å². The van der Waals surface area contributed by atoms with Crippen molar-refractivity contribution >= 4 is 5.91 Å². The molecular weight excluding hydrogens is 264 g/mol. The van der Waals surface area contributed by atoms with E-state index >= 15 is 0 Å². The Bertz CT molecular complexity index is 621. The van der Waals surface area contributed by atoms with Gasteiger partial charge in [0.1, 0.15) is 6.23 Å². The molecule has 1 aliphatic rings. The van der Waals surface area contributed by atoms with Gasteiger partial charge >= 0.3 is 5.69 Å². The number of aromatic amines is 1. The van der Waals surface area contributed by atoms with Crippen LogP contribution in [0.25, 0.3) is 0 Å². The van der Waals surface area contributed by atoms with Crippen LogP contribution in [-0.2, 0) is 9.53 Å². The molecule has 0 aliphatic carbocycles. The molecule has 1 aromatic rings. The summed E-state index contributed by atoms with van der Waals surface area (Å²) in [5, 5.41) is 2.64. The van der Waals surface area contributed by atoms with E-state index < -0.39 is 17.5 Å². The van der Waals surface area contributed by atoms with Gasteiger partial charge in [-0.15, -0.1) is 0 Å². The van der Waals surface area contributed by atoms with Crippen molar-refractivity contribution in [3.63, 3.8) is 0 Å². The Kier molecular flexibility index (Phi) is 4.05. The van der Waals surface area contributed by atoms with Crippen LogP contribution in [0.15, 0.2) is 15.8 Å². The molecule has 0 aromatic carbocycles. The summed E-state index contributed by atoms with van der Waals surface area (Å²) in [6, 6.07) is -0.286. The Morgan fingerprint density at radius 2 is 2.30 bits per heavy atom. The monoisotopic (exact) mass is 282 g/mol. The van der Waals surface area contributed by atoms with Crippen LogP contribution in [0.4, 0.5) is 0 Å². The Morgan fingerprint density at radius 3 is 2.95 bits per heavy atom. The van der Waals surface area contributed by atoms with Crippen LogP contribution in [0.2, 0.25) is 0 Å². The van der Waals surface area contributed by atoms with Crippen molar-refractivity contribution in [2.75, 3.05) is 6.54 Å². The third-order valence-corrected chi connectivity index (χ3v) is 3.29. The lowest BCUT2D eigenvalue weighted by molar-refractivity contribution is -0.119. The molecule has 110 valence electrons. The summed E-state index contributed by atoms with van der Waals surface area (Å²) >= 11 is 0. The highest BCUT2D eigenvalue weighted by atomic mass is 16.5. The topological polar surface area (TPSA) is 119 Å². The minimum absolute atomic E-state index is 0.165. The minimum Gasteiger partial charge on any atom is -0.354 e. The van der Waals surface area contributed by atoms with E-state index in [1.165, 1.54) is 17.7 Å². The van der Waals surface area contributed by atoms with Crippen LogP contribution in [0.5, 0.6) is 0 Å². The van der Waals surface area contributed by atoms with E-state index in [0.717, 1.165) is 0 Å². The first kappa shape index (κ1) is 14.5. The van der Waals surface area contributed by atoms with Crippen LogP contribution in [-0.4, -0.2) is 34.1 Å². The van der Waals surface area contributed by atoms with E-state index in [0.29, 0.717) is 18.5 Å². The SMILES string of the molecule is CC(=O)NC[C@H]1O[C@@H](n2cc(C)c(=O)[nH]c2=O)C[C@@H]1N. The van der Waals surface area contributed by atoms with Gasteiger partial charge in [0.2, 0.25) is 5.91 Å². The normalized spacial score (nSPS) is 25.6. The molecule has 2 heterocycles. The van der Waals surface area contributed by atoms with E-state index in [1.54, 1.807) is 6.92 Å². The van der Waals surface area contributed by atoms with E-state index in [2.05, 4.69) is 10.3 Å². The summed E-state index contributed by atoms with van der Waals surface area (Å²) in [7, 11) is 0. The van der Waals surface area contributed by atoms with Crippen molar-refractivity contribution in [1.29, 1.82) is 0 Å². The molecule has 1 fully saturated rings. The number of nitrogens with two attached hydrogens (primary N) is 1. The number of amides is 1. The highest BCUT2D eigenvalue weighted by Gasteiger charge is 2.34. The molecule has 0 radical (unpaired) electrons. The highest BCUT2D eigenvalue weighted by Crippen LogP contribution is 2.25. The maximum absolute atomic E-state index is 11.8. The molecule has 1 amide bonds. The number of nitrogens with one attached hydrogen (secondary N) is 2. The zero-order chi connectivity index (χ0) is 14.9. The fourth-order valence-corrected chi connectivity index (χ4v) is 2.17. The number of ether oxygens (including phenoxy) is 1. The van der Waals surface area contributed by atoms with Gasteiger partial charge in [-0.05, 0) is 6.92 Å². The molecule has 0 saturated carbocycles. The van der Waals surface area contributed by atoms with E-state index in [9.17, 15) is 14.4 Å². The Hall–Kier alpha value is -1.93. The summed E-state index contributed by atoms with van der Waals surface area (Å²) in [5.74, 6) is -0.165. The number of carbonyl (C=O) groups is 1. The van der Waals surface area contributed by atoms with Gasteiger partial charge in [0, 0.05) is 37.7 Å². The van der Waals surface area contributed by atoms with Crippen molar-refractivity contribution in [1.82, 2.24) is 14.9 Å². The minimum atomic E-state index is -0.535. The van der Waals surface area contributed by atoms with Gasteiger partial charge in [0.25, 0.3) is 5.56 Å². The molecular formula is C12H18N4O4. The standard InChI is InChI=1S/C12H18N4O4/c1-6-5-16(12(19)15-11(6)18)10-3-8(13)9(20-10)4-14-7(2)17/h5,8-10H,3-4,13H2,1-2H3,(H,14,17)(H,15,18,19)/t8-,9+,10+/m0/s1. The number of hydrogen-bond donors (Lipinski definition) is 3. The van der Waals surface area contributed by atoms with Crippen LogP contribution >= 0.6 is 0 Å².